The lowest BCUT2D eigenvalue weighted by atomic mass is 9.84. The Morgan fingerprint density at radius 3 is 2.81 bits per heavy atom. The molecule has 1 aromatic rings. The van der Waals surface area contributed by atoms with Crippen LogP contribution in [0.5, 0.6) is 0 Å². The lowest BCUT2D eigenvalue weighted by Crippen LogP contribution is -2.41. The molecule has 1 saturated carbocycles. The summed E-state index contributed by atoms with van der Waals surface area (Å²) in [6.45, 7) is 0.454. The Labute approximate surface area is 128 Å². The van der Waals surface area contributed by atoms with E-state index in [-0.39, 0.29) is 5.82 Å². The van der Waals surface area contributed by atoms with Crippen molar-refractivity contribution in [3.63, 3.8) is 0 Å². The van der Waals surface area contributed by atoms with E-state index < -0.39 is 12.0 Å². The average molecular weight is 312 g/mol. The molecule has 3 atom stereocenters. The van der Waals surface area contributed by atoms with Gasteiger partial charge < -0.3 is 5.11 Å². The number of rotatable bonds is 3. The van der Waals surface area contributed by atoms with Crippen LogP contribution in [0.2, 0.25) is 5.02 Å². The number of likely N-dealkylation sites (tertiary alicyclic amines) is 1. The fourth-order valence-corrected chi connectivity index (χ4v) is 4.18. The van der Waals surface area contributed by atoms with Crippen LogP contribution in [0, 0.1) is 11.7 Å². The van der Waals surface area contributed by atoms with E-state index in [1.54, 1.807) is 6.07 Å². The van der Waals surface area contributed by atoms with Gasteiger partial charge in [0.2, 0.25) is 0 Å². The van der Waals surface area contributed by atoms with E-state index in [2.05, 4.69) is 0 Å². The summed E-state index contributed by atoms with van der Waals surface area (Å²) in [5.41, 5.74) is 0.748. The van der Waals surface area contributed by atoms with Gasteiger partial charge in [-0.2, -0.15) is 0 Å². The van der Waals surface area contributed by atoms with Gasteiger partial charge in [0.1, 0.15) is 11.9 Å². The smallest absolute Gasteiger partial charge is 0.320 e. The fourth-order valence-electron chi connectivity index (χ4n) is 3.94. The van der Waals surface area contributed by atoms with Gasteiger partial charge in [-0.1, -0.05) is 24.4 Å². The van der Waals surface area contributed by atoms with Crippen LogP contribution in [-0.2, 0) is 11.3 Å². The first kappa shape index (κ1) is 14.8. The van der Waals surface area contributed by atoms with Crippen molar-refractivity contribution in [3.8, 4) is 0 Å². The molecule has 3 nitrogen and oxygen atoms in total. The molecular formula is C16H19ClFNO2. The number of carboxylic acids is 1. The first-order valence-electron chi connectivity index (χ1n) is 7.48. The maximum atomic E-state index is 13.5. The molecule has 1 saturated heterocycles. The minimum Gasteiger partial charge on any atom is -0.480 e. The van der Waals surface area contributed by atoms with Crippen LogP contribution >= 0.6 is 11.6 Å². The molecule has 0 aromatic heterocycles. The van der Waals surface area contributed by atoms with Gasteiger partial charge in [-0.15, -0.1) is 0 Å². The van der Waals surface area contributed by atoms with E-state index in [4.69, 9.17) is 11.6 Å². The van der Waals surface area contributed by atoms with E-state index in [9.17, 15) is 14.3 Å². The largest absolute Gasteiger partial charge is 0.480 e. The second-order valence-corrected chi connectivity index (χ2v) is 6.59. The van der Waals surface area contributed by atoms with Crippen LogP contribution in [0.1, 0.15) is 37.7 Å². The van der Waals surface area contributed by atoms with Gasteiger partial charge in [-0.3, -0.25) is 9.69 Å². The molecule has 1 aliphatic carbocycles. The Kier molecular flexibility index (Phi) is 4.18. The molecule has 3 unspecified atom stereocenters. The first-order valence-corrected chi connectivity index (χ1v) is 7.86. The van der Waals surface area contributed by atoms with Crippen LogP contribution in [0.15, 0.2) is 18.2 Å². The number of carboxylic acid groups (broad SMARTS) is 1. The van der Waals surface area contributed by atoms with Crippen LogP contribution in [-0.4, -0.2) is 28.1 Å². The third-order valence-corrected chi connectivity index (χ3v) is 5.01. The van der Waals surface area contributed by atoms with Crippen molar-refractivity contribution in [2.45, 2.75) is 50.7 Å². The molecule has 5 heteroatoms. The van der Waals surface area contributed by atoms with E-state index >= 15 is 0 Å². The van der Waals surface area contributed by atoms with Gasteiger partial charge in [-0.25, -0.2) is 4.39 Å². The third kappa shape index (κ3) is 3.06. The normalized spacial score (nSPS) is 29.3. The topological polar surface area (TPSA) is 40.5 Å². The van der Waals surface area contributed by atoms with E-state index in [0.717, 1.165) is 24.8 Å². The van der Waals surface area contributed by atoms with Crippen molar-refractivity contribution in [3.05, 3.63) is 34.6 Å². The van der Waals surface area contributed by atoms with Crippen molar-refractivity contribution in [2.75, 3.05) is 0 Å². The first-order chi connectivity index (χ1) is 10.0. The van der Waals surface area contributed by atoms with Gasteiger partial charge in [0.25, 0.3) is 0 Å². The molecule has 1 aromatic carbocycles. The van der Waals surface area contributed by atoms with Gasteiger partial charge in [0.05, 0.1) is 0 Å². The second kappa shape index (κ2) is 5.93. The lowest BCUT2D eigenvalue weighted by molar-refractivity contribution is -0.142. The van der Waals surface area contributed by atoms with E-state index in [1.165, 1.54) is 18.6 Å². The monoisotopic (exact) mass is 311 g/mol. The lowest BCUT2D eigenvalue weighted by Gasteiger charge is -2.33. The number of hydrogen-bond donors (Lipinski definition) is 1. The number of hydrogen-bond acceptors (Lipinski definition) is 2. The van der Waals surface area contributed by atoms with Gasteiger partial charge >= 0.3 is 5.97 Å². The Morgan fingerprint density at radius 2 is 2.10 bits per heavy atom. The number of aliphatic carboxylic acids is 1. The van der Waals surface area contributed by atoms with Crippen LogP contribution in [0.4, 0.5) is 4.39 Å². The molecule has 2 aliphatic rings. The van der Waals surface area contributed by atoms with Crippen molar-refractivity contribution in [1.82, 2.24) is 4.90 Å². The summed E-state index contributed by atoms with van der Waals surface area (Å²) in [4.78, 5) is 13.6. The number of benzene rings is 1. The standard InChI is InChI=1S/C16H19ClFNO2/c17-12-5-10(6-13(18)8-12)9-19-14-4-2-1-3-11(14)7-15(19)16(20)21/h5-6,8,11,14-15H,1-4,7,9H2,(H,20,21). The molecule has 0 spiro atoms. The highest BCUT2D eigenvalue weighted by Gasteiger charge is 2.44. The molecule has 0 bridgehead atoms. The highest BCUT2D eigenvalue weighted by Crippen LogP contribution is 2.40. The van der Waals surface area contributed by atoms with Gasteiger partial charge in [-0.05, 0) is 48.9 Å². The summed E-state index contributed by atoms with van der Waals surface area (Å²) in [7, 11) is 0. The molecule has 3 rings (SSSR count). The third-order valence-electron chi connectivity index (χ3n) is 4.79. The zero-order valence-corrected chi connectivity index (χ0v) is 12.5. The van der Waals surface area contributed by atoms with Crippen molar-refractivity contribution in [1.29, 1.82) is 0 Å². The Morgan fingerprint density at radius 1 is 1.33 bits per heavy atom. The Bertz CT molecular complexity index is 531. The van der Waals surface area contributed by atoms with Crippen LogP contribution in [0.25, 0.3) is 0 Å². The van der Waals surface area contributed by atoms with Gasteiger partial charge in [0, 0.05) is 17.6 Å². The van der Waals surface area contributed by atoms with Crippen molar-refractivity contribution >= 4 is 17.6 Å². The van der Waals surface area contributed by atoms with Crippen molar-refractivity contribution in [2.24, 2.45) is 5.92 Å². The molecule has 2 fully saturated rings. The minimum atomic E-state index is -0.771. The molecule has 1 aliphatic heterocycles. The molecule has 1 heterocycles. The molecular weight excluding hydrogens is 293 g/mol. The highest BCUT2D eigenvalue weighted by molar-refractivity contribution is 6.30. The Balaban J connectivity index is 1.84. The molecule has 21 heavy (non-hydrogen) atoms. The van der Waals surface area contributed by atoms with E-state index in [1.807, 2.05) is 4.90 Å². The average Bonchev–Trinajstić information content (AvgIpc) is 2.77. The summed E-state index contributed by atoms with van der Waals surface area (Å²) in [5.74, 6) is -0.681. The zero-order chi connectivity index (χ0) is 15.0. The fraction of sp³-hybridized carbons (Fsp3) is 0.562. The molecule has 0 radical (unpaired) electrons. The minimum absolute atomic E-state index is 0.307. The summed E-state index contributed by atoms with van der Waals surface area (Å²) in [6, 6.07) is 4.29. The predicted octanol–water partition coefficient (Wildman–Crippen LogP) is 3.70. The molecule has 114 valence electrons. The molecule has 0 amide bonds. The van der Waals surface area contributed by atoms with Crippen LogP contribution < -0.4 is 0 Å². The number of halogens is 2. The molecule has 1 N–H and O–H groups in total. The summed E-state index contributed by atoms with van der Waals surface area (Å²) < 4.78 is 13.5. The second-order valence-electron chi connectivity index (χ2n) is 6.15. The summed E-state index contributed by atoms with van der Waals surface area (Å²) in [5, 5.41) is 9.83. The number of carbonyl (C=O) groups is 1. The highest BCUT2D eigenvalue weighted by atomic mass is 35.5. The summed E-state index contributed by atoms with van der Waals surface area (Å²) >= 11 is 5.90. The van der Waals surface area contributed by atoms with E-state index in [0.29, 0.717) is 29.9 Å². The van der Waals surface area contributed by atoms with Crippen molar-refractivity contribution < 1.29 is 14.3 Å². The maximum absolute atomic E-state index is 13.5. The number of fused-ring (bicyclic) bond motifs is 1. The summed E-state index contributed by atoms with van der Waals surface area (Å²) in [6.07, 6.45) is 5.19. The number of nitrogens with zero attached hydrogens (tertiary/aromatic N) is 1. The zero-order valence-electron chi connectivity index (χ0n) is 11.8. The maximum Gasteiger partial charge on any atom is 0.320 e. The predicted molar refractivity (Wildman–Crippen MR) is 78.7 cm³/mol. The SMILES string of the molecule is O=C(O)C1CC2CCCCC2N1Cc1cc(F)cc(Cl)c1. The van der Waals surface area contributed by atoms with Crippen LogP contribution in [0.3, 0.4) is 0 Å². The van der Waals surface area contributed by atoms with Gasteiger partial charge in [0.15, 0.2) is 0 Å². The quantitative estimate of drug-likeness (QED) is 0.925. The Hall–Kier alpha value is -1.13.